The molecule has 392 valence electrons. The lowest BCUT2D eigenvalue weighted by molar-refractivity contribution is 0.0873. The van der Waals surface area contributed by atoms with Gasteiger partial charge < -0.3 is 0 Å². The number of carbonyl (C=O) groups is 4. The van der Waals surface area contributed by atoms with Crippen LogP contribution in [0.1, 0.15) is 244 Å². The number of imide groups is 2. The number of aryl methyl sites for hydroxylation is 4. The molecular formula is C66H82N2O4S2. The van der Waals surface area contributed by atoms with Gasteiger partial charge in [0.05, 0.1) is 11.4 Å². The molecular weight excluding hydrogens is 949 g/mol. The van der Waals surface area contributed by atoms with Gasteiger partial charge >= 0.3 is 0 Å². The topological polar surface area (TPSA) is 74.8 Å². The Labute approximate surface area is 451 Å². The number of hydrogen-bond donors (Lipinski definition) is 0. The van der Waals surface area contributed by atoms with Crippen molar-refractivity contribution in [3.8, 4) is 20.9 Å². The Balaban J connectivity index is 0.975. The summed E-state index contributed by atoms with van der Waals surface area (Å²) in [6, 6.07) is 27.0. The maximum Gasteiger partial charge on any atom is 0.265 e. The van der Waals surface area contributed by atoms with Crippen molar-refractivity contribution in [2.75, 3.05) is 9.80 Å². The lowest BCUT2D eigenvalue weighted by Gasteiger charge is -2.32. The molecule has 4 aromatic carbocycles. The van der Waals surface area contributed by atoms with E-state index in [9.17, 15) is 19.2 Å². The minimum absolute atomic E-state index is 0.308. The number of carbonyl (C=O) groups excluding carboxylic acids is 4. The van der Waals surface area contributed by atoms with E-state index >= 15 is 0 Å². The van der Waals surface area contributed by atoms with Crippen molar-refractivity contribution in [2.24, 2.45) is 0 Å². The lowest BCUT2D eigenvalue weighted by atomic mass is 9.85. The predicted molar refractivity (Wildman–Crippen MR) is 314 cm³/mol. The summed E-state index contributed by atoms with van der Waals surface area (Å²) >= 11 is 3.79. The molecule has 6 aromatic rings. The van der Waals surface area contributed by atoms with Crippen LogP contribution in [0.3, 0.4) is 0 Å². The normalized spacial score (nSPS) is 13.4. The zero-order valence-electron chi connectivity index (χ0n) is 45.2. The average Bonchev–Trinajstić information content (AvgIpc) is 4.03. The van der Waals surface area contributed by atoms with Crippen LogP contribution in [0, 0.1) is 0 Å². The third-order valence-electron chi connectivity index (χ3n) is 15.6. The van der Waals surface area contributed by atoms with E-state index < -0.39 is 23.6 Å². The van der Waals surface area contributed by atoms with Crippen LogP contribution in [0.25, 0.3) is 31.7 Å². The standard InChI is InChI=1S/C66H82N2O4S2/c1-5-9-13-17-21-25-29-49-45-59(73-57(49)31-27-23-19-15-11-7-3)47-33-37-51(38-34-47)67-63(69)53-41-43-55-62-56(44-42-54(61(53)62)64(67)70)66(72)68(65(55)71)52-39-35-48(36-40-52)60-46-50(30-26-22-18-14-10-6-2)58(74-60)32-28-24-20-16-12-8-4/h33-46H,5-32H2,1-4H3. The number of unbranched alkanes of at least 4 members (excludes halogenated alkanes) is 20. The SMILES string of the molecule is CCCCCCCCc1cc(-c2ccc(N3C(=O)c4ccc5c6c(ccc(c46)C3=O)C(=O)N(c3ccc(-c4cc(CCCCCCCC)c(CCCCCCCC)s4)cc3)C5=O)cc2)sc1CCCCCCCC. The summed E-state index contributed by atoms with van der Waals surface area (Å²) in [5.41, 5.74) is 7.32. The van der Waals surface area contributed by atoms with Gasteiger partial charge in [0.1, 0.15) is 0 Å². The van der Waals surface area contributed by atoms with Crippen molar-refractivity contribution < 1.29 is 19.2 Å². The number of hydrogen-bond acceptors (Lipinski definition) is 6. The monoisotopic (exact) mass is 1030 g/mol. The smallest absolute Gasteiger partial charge is 0.265 e. The molecule has 4 heterocycles. The summed E-state index contributed by atoms with van der Waals surface area (Å²) < 4.78 is 0. The van der Waals surface area contributed by atoms with Crippen LogP contribution < -0.4 is 9.80 Å². The molecule has 0 aliphatic carbocycles. The van der Waals surface area contributed by atoms with Gasteiger partial charge in [-0.05, 0) is 134 Å². The first-order chi connectivity index (χ1) is 36.3. The highest BCUT2D eigenvalue weighted by atomic mass is 32.1. The van der Waals surface area contributed by atoms with Crippen LogP contribution in [-0.4, -0.2) is 23.6 Å². The Morgan fingerprint density at radius 1 is 0.324 bits per heavy atom. The maximum atomic E-state index is 14.5. The van der Waals surface area contributed by atoms with Crippen LogP contribution in [0.4, 0.5) is 11.4 Å². The fraction of sp³-hybridized carbons (Fsp3) is 0.485. The Morgan fingerprint density at radius 2 is 0.595 bits per heavy atom. The second-order valence-corrected chi connectivity index (χ2v) is 23.5. The van der Waals surface area contributed by atoms with Gasteiger partial charge in [-0.1, -0.05) is 180 Å². The highest BCUT2D eigenvalue weighted by Gasteiger charge is 2.41. The fourth-order valence-corrected chi connectivity index (χ4v) is 13.8. The van der Waals surface area contributed by atoms with Crippen molar-refractivity contribution >= 4 is 68.4 Å². The van der Waals surface area contributed by atoms with E-state index in [-0.39, 0.29) is 0 Å². The molecule has 8 heteroatoms. The first-order valence-corrected chi connectivity index (χ1v) is 30.7. The third kappa shape index (κ3) is 13.1. The van der Waals surface area contributed by atoms with Gasteiger partial charge in [-0.3, -0.25) is 19.2 Å². The molecule has 0 bridgehead atoms. The van der Waals surface area contributed by atoms with E-state index in [0.29, 0.717) is 44.4 Å². The molecule has 2 aliphatic rings. The van der Waals surface area contributed by atoms with Crippen molar-refractivity contribution in [3.63, 3.8) is 0 Å². The molecule has 0 spiro atoms. The fourth-order valence-electron chi connectivity index (χ4n) is 11.3. The molecule has 8 rings (SSSR count). The average molecular weight is 1030 g/mol. The van der Waals surface area contributed by atoms with E-state index in [0.717, 1.165) is 36.8 Å². The van der Waals surface area contributed by atoms with Crippen molar-refractivity contribution in [1.82, 2.24) is 0 Å². The lowest BCUT2D eigenvalue weighted by Crippen LogP contribution is -2.43. The molecule has 0 radical (unpaired) electrons. The van der Waals surface area contributed by atoms with Gasteiger partial charge in [0, 0.05) is 52.5 Å². The Kier molecular flexibility index (Phi) is 20.5. The zero-order chi connectivity index (χ0) is 51.8. The summed E-state index contributed by atoms with van der Waals surface area (Å²) in [7, 11) is 0. The zero-order valence-corrected chi connectivity index (χ0v) is 46.9. The molecule has 74 heavy (non-hydrogen) atoms. The van der Waals surface area contributed by atoms with Crippen molar-refractivity contribution in [3.05, 3.63) is 128 Å². The van der Waals surface area contributed by atoms with Crippen LogP contribution in [0.2, 0.25) is 0 Å². The number of rotatable bonds is 32. The molecule has 0 N–H and O–H groups in total. The van der Waals surface area contributed by atoms with E-state index in [4.69, 9.17) is 0 Å². The number of anilines is 2. The van der Waals surface area contributed by atoms with Gasteiger partial charge in [-0.25, -0.2) is 9.80 Å². The molecule has 0 fully saturated rings. The summed E-state index contributed by atoms with van der Waals surface area (Å²) in [5, 5.41) is 0.750. The van der Waals surface area contributed by atoms with Crippen LogP contribution in [0.15, 0.2) is 84.9 Å². The third-order valence-corrected chi connectivity index (χ3v) is 18.2. The summed E-state index contributed by atoms with van der Waals surface area (Å²) in [4.78, 5) is 65.8. The number of thiophene rings is 2. The van der Waals surface area contributed by atoms with Crippen LogP contribution in [0.5, 0.6) is 0 Å². The van der Waals surface area contributed by atoms with E-state index in [1.807, 2.05) is 71.2 Å². The van der Waals surface area contributed by atoms with Gasteiger partial charge in [0.15, 0.2) is 0 Å². The van der Waals surface area contributed by atoms with E-state index in [2.05, 4.69) is 39.8 Å². The van der Waals surface area contributed by atoms with Gasteiger partial charge in [0.25, 0.3) is 23.6 Å². The van der Waals surface area contributed by atoms with Gasteiger partial charge in [-0.2, -0.15) is 0 Å². The minimum atomic E-state index is -0.464. The molecule has 0 saturated heterocycles. The molecule has 4 amide bonds. The number of amides is 4. The molecule has 2 aliphatic heterocycles. The quantitative estimate of drug-likeness (QED) is 0.0312. The molecule has 0 unspecified atom stereocenters. The van der Waals surface area contributed by atoms with Crippen molar-refractivity contribution in [1.29, 1.82) is 0 Å². The second kappa shape index (κ2) is 27.6. The highest BCUT2D eigenvalue weighted by Crippen LogP contribution is 2.42. The molecule has 6 nitrogen and oxygen atoms in total. The Bertz CT molecular complexity index is 2500. The molecule has 2 aromatic heterocycles. The predicted octanol–water partition coefficient (Wildman–Crippen LogP) is 19.5. The van der Waals surface area contributed by atoms with Crippen molar-refractivity contribution in [2.45, 2.75) is 207 Å². The first-order valence-electron chi connectivity index (χ1n) is 29.1. The minimum Gasteiger partial charge on any atom is -0.268 e. The molecule has 0 atom stereocenters. The van der Waals surface area contributed by atoms with Gasteiger partial charge in [-0.15, -0.1) is 22.7 Å². The Morgan fingerprint density at radius 3 is 0.892 bits per heavy atom. The summed E-state index contributed by atoms with van der Waals surface area (Å²) in [5.74, 6) is -1.85. The maximum absolute atomic E-state index is 14.5. The first kappa shape index (κ1) is 55.1. The number of nitrogens with zero attached hydrogens (tertiary/aromatic N) is 2. The van der Waals surface area contributed by atoms with Gasteiger partial charge in [0.2, 0.25) is 0 Å². The Hall–Kier alpha value is -5.18. The molecule has 0 saturated carbocycles. The summed E-state index contributed by atoms with van der Waals surface area (Å²) in [6.07, 6.45) is 35.2. The highest BCUT2D eigenvalue weighted by molar-refractivity contribution is 7.16. The van der Waals surface area contributed by atoms with Crippen LogP contribution in [-0.2, 0) is 25.7 Å². The van der Waals surface area contributed by atoms with E-state index in [1.165, 1.54) is 195 Å². The van der Waals surface area contributed by atoms with E-state index in [1.54, 1.807) is 24.3 Å². The number of benzene rings is 4. The second-order valence-electron chi connectivity index (χ2n) is 21.2. The van der Waals surface area contributed by atoms with Crippen LogP contribution >= 0.6 is 22.7 Å². The largest absolute Gasteiger partial charge is 0.268 e. The summed E-state index contributed by atoms with van der Waals surface area (Å²) in [6.45, 7) is 9.06.